The summed E-state index contributed by atoms with van der Waals surface area (Å²) in [6.07, 6.45) is 6.07. The van der Waals surface area contributed by atoms with Gasteiger partial charge in [-0.2, -0.15) is 0 Å². The van der Waals surface area contributed by atoms with Crippen LogP contribution in [0.1, 0.15) is 6.42 Å². The molecule has 1 aliphatic rings. The number of aliphatic hydroxyl groups excluding tert-OH is 1. The number of hydrogen-bond donors (Lipinski definition) is 1. The van der Waals surface area contributed by atoms with Crippen LogP contribution in [0.25, 0.3) is 22.4 Å². The molecule has 1 aliphatic heterocycles. The molecule has 1 N–H and O–H groups in total. The summed E-state index contributed by atoms with van der Waals surface area (Å²) in [5, 5.41) is 10.7. The third-order valence-corrected chi connectivity index (χ3v) is 4.14. The molecule has 4 heterocycles. The maximum atomic E-state index is 9.70. The van der Waals surface area contributed by atoms with Gasteiger partial charge < -0.3 is 14.6 Å². The highest BCUT2D eigenvalue weighted by Gasteiger charge is 2.22. The van der Waals surface area contributed by atoms with Gasteiger partial charge in [-0.3, -0.25) is 0 Å². The van der Waals surface area contributed by atoms with Crippen molar-refractivity contribution in [2.24, 2.45) is 7.05 Å². The number of fused-ring (bicyclic) bond motifs is 1. The van der Waals surface area contributed by atoms with Gasteiger partial charge in [-0.25, -0.2) is 15.0 Å². The minimum absolute atomic E-state index is 0.264. The molecule has 6 nitrogen and oxygen atoms in total. The van der Waals surface area contributed by atoms with Crippen LogP contribution >= 0.6 is 0 Å². The quantitative estimate of drug-likeness (QED) is 0.778. The molecule has 1 atom stereocenters. The normalized spacial score (nSPS) is 18.3. The first-order valence-electron chi connectivity index (χ1n) is 7.39. The van der Waals surface area contributed by atoms with Crippen LogP contribution in [0.5, 0.6) is 0 Å². The molecular weight excluding hydrogens is 278 g/mol. The van der Waals surface area contributed by atoms with Gasteiger partial charge in [-0.1, -0.05) is 0 Å². The average molecular weight is 295 g/mol. The van der Waals surface area contributed by atoms with Gasteiger partial charge in [0.2, 0.25) is 0 Å². The van der Waals surface area contributed by atoms with Gasteiger partial charge >= 0.3 is 0 Å². The lowest BCUT2D eigenvalue weighted by molar-refractivity contribution is 0.198. The molecule has 0 spiro atoms. The number of nitrogens with zero attached hydrogens (tertiary/aromatic N) is 5. The Morgan fingerprint density at radius 1 is 1.18 bits per heavy atom. The van der Waals surface area contributed by atoms with Crippen LogP contribution in [-0.4, -0.2) is 43.8 Å². The van der Waals surface area contributed by atoms with E-state index >= 15 is 0 Å². The summed E-state index contributed by atoms with van der Waals surface area (Å²) in [5.41, 5.74) is 1.90. The molecule has 4 rings (SSSR count). The predicted octanol–water partition coefficient (Wildman–Crippen LogP) is 1.60. The van der Waals surface area contributed by atoms with Gasteiger partial charge in [0.15, 0.2) is 5.82 Å². The smallest absolute Gasteiger partial charge is 0.162 e. The minimum atomic E-state index is -0.264. The molecule has 0 saturated carbocycles. The highest BCUT2D eigenvalue weighted by Crippen LogP contribution is 2.27. The Morgan fingerprint density at radius 2 is 2.05 bits per heavy atom. The summed E-state index contributed by atoms with van der Waals surface area (Å²) < 4.78 is 1.99. The summed E-state index contributed by atoms with van der Waals surface area (Å²) in [6.45, 7) is 1.46. The predicted molar refractivity (Wildman–Crippen MR) is 84.6 cm³/mol. The average Bonchev–Trinajstić information content (AvgIpc) is 3.14. The number of anilines is 1. The monoisotopic (exact) mass is 295 g/mol. The van der Waals surface area contributed by atoms with E-state index in [1.165, 1.54) is 0 Å². The Kier molecular flexibility index (Phi) is 3.04. The largest absolute Gasteiger partial charge is 0.391 e. The van der Waals surface area contributed by atoms with E-state index in [1.54, 1.807) is 12.4 Å². The SMILES string of the molecule is Cn1ccc2c(-c3nccc(N4CC[C@@H](O)C4)n3)ccnc21. The van der Waals surface area contributed by atoms with Crippen molar-refractivity contribution >= 4 is 16.9 Å². The van der Waals surface area contributed by atoms with Gasteiger partial charge in [-0.05, 0) is 24.6 Å². The Hall–Kier alpha value is -2.47. The first-order chi connectivity index (χ1) is 10.7. The molecule has 0 aliphatic carbocycles. The number of aromatic nitrogens is 4. The molecule has 112 valence electrons. The minimum Gasteiger partial charge on any atom is -0.391 e. The first kappa shape index (κ1) is 13.2. The number of β-amino-alcohol motifs (C(OH)–C–C–N with tert-alkyl or cyclic N) is 1. The lowest BCUT2D eigenvalue weighted by Crippen LogP contribution is -2.22. The fourth-order valence-electron chi connectivity index (χ4n) is 2.96. The number of aryl methyl sites for hydroxylation is 1. The Balaban J connectivity index is 1.79. The summed E-state index contributed by atoms with van der Waals surface area (Å²) in [4.78, 5) is 15.6. The summed E-state index contributed by atoms with van der Waals surface area (Å²) in [6, 6.07) is 5.87. The van der Waals surface area contributed by atoms with Crippen LogP contribution in [-0.2, 0) is 7.05 Å². The zero-order valence-corrected chi connectivity index (χ0v) is 12.3. The second kappa shape index (κ2) is 5.06. The molecule has 0 bridgehead atoms. The highest BCUT2D eigenvalue weighted by molar-refractivity contribution is 5.91. The van der Waals surface area contributed by atoms with Crippen molar-refractivity contribution in [2.45, 2.75) is 12.5 Å². The van der Waals surface area contributed by atoms with E-state index in [1.807, 2.05) is 36.0 Å². The molecule has 1 saturated heterocycles. The lowest BCUT2D eigenvalue weighted by atomic mass is 10.2. The Labute approximate surface area is 128 Å². The topological polar surface area (TPSA) is 67.1 Å². The Bertz CT molecular complexity index is 828. The summed E-state index contributed by atoms with van der Waals surface area (Å²) in [7, 11) is 1.97. The zero-order chi connectivity index (χ0) is 15.1. The van der Waals surface area contributed by atoms with Gasteiger partial charge in [-0.15, -0.1) is 0 Å². The summed E-state index contributed by atoms with van der Waals surface area (Å²) in [5.74, 6) is 1.56. The van der Waals surface area contributed by atoms with Gasteiger partial charge in [0.1, 0.15) is 11.5 Å². The molecule has 22 heavy (non-hydrogen) atoms. The van der Waals surface area contributed by atoms with E-state index in [-0.39, 0.29) is 6.10 Å². The molecule has 0 unspecified atom stereocenters. The van der Waals surface area contributed by atoms with E-state index in [2.05, 4.69) is 19.9 Å². The summed E-state index contributed by atoms with van der Waals surface area (Å²) >= 11 is 0. The number of hydrogen-bond acceptors (Lipinski definition) is 5. The molecule has 3 aromatic heterocycles. The molecule has 3 aromatic rings. The van der Waals surface area contributed by atoms with Crippen LogP contribution in [0.4, 0.5) is 5.82 Å². The molecule has 6 heteroatoms. The number of rotatable bonds is 2. The van der Waals surface area contributed by atoms with Crippen molar-refractivity contribution < 1.29 is 5.11 Å². The van der Waals surface area contributed by atoms with Gasteiger partial charge in [0.05, 0.1) is 6.10 Å². The fourth-order valence-corrected chi connectivity index (χ4v) is 2.96. The maximum Gasteiger partial charge on any atom is 0.162 e. The van der Waals surface area contributed by atoms with Crippen LogP contribution in [0.3, 0.4) is 0 Å². The van der Waals surface area contributed by atoms with Crippen molar-refractivity contribution in [3.63, 3.8) is 0 Å². The van der Waals surface area contributed by atoms with Crippen molar-refractivity contribution in [1.82, 2.24) is 19.5 Å². The van der Waals surface area contributed by atoms with E-state index < -0.39 is 0 Å². The van der Waals surface area contributed by atoms with Crippen LogP contribution in [0, 0.1) is 0 Å². The van der Waals surface area contributed by atoms with Crippen molar-refractivity contribution in [3.05, 3.63) is 36.8 Å². The van der Waals surface area contributed by atoms with E-state index in [0.29, 0.717) is 12.4 Å². The molecule has 0 radical (unpaired) electrons. The van der Waals surface area contributed by atoms with E-state index in [4.69, 9.17) is 0 Å². The second-order valence-corrected chi connectivity index (χ2v) is 5.65. The second-order valence-electron chi connectivity index (χ2n) is 5.65. The van der Waals surface area contributed by atoms with Crippen molar-refractivity contribution in [2.75, 3.05) is 18.0 Å². The van der Waals surface area contributed by atoms with Gasteiger partial charge in [0, 0.05) is 49.7 Å². The third kappa shape index (κ3) is 2.12. The van der Waals surface area contributed by atoms with Crippen molar-refractivity contribution in [3.8, 4) is 11.4 Å². The number of aliphatic hydroxyl groups is 1. The standard InChI is InChI=1S/C16H17N5O/c1-20-8-5-13-12(2-6-18-16(13)20)15-17-7-3-14(19-15)21-9-4-11(22)10-21/h2-3,5-8,11,22H,4,9-10H2,1H3/t11-/m1/s1. The molecular formula is C16H17N5O. The van der Waals surface area contributed by atoms with E-state index in [9.17, 15) is 5.11 Å². The van der Waals surface area contributed by atoms with E-state index in [0.717, 1.165) is 35.4 Å². The van der Waals surface area contributed by atoms with Crippen molar-refractivity contribution in [1.29, 1.82) is 0 Å². The zero-order valence-electron chi connectivity index (χ0n) is 12.3. The fraction of sp³-hybridized carbons (Fsp3) is 0.312. The Morgan fingerprint density at radius 3 is 2.86 bits per heavy atom. The molecule has 0 amide bonds. The molecule has 0 aromatic carbocycles. The van der Waals surface area contributed by atoms with Crippen LogP contribution in [0.2, 0.25) is 0 Å². The van der Waals surface area contributed by atoms with Gasteiger partial charge in [0.25, 0.3) is 0 Å². The first-order valence-corrected chi connectivity index (χ1v) is 7.39. The maximum absolute atomic E-state index is 9.70. The third-order valence-electron chi connectivity index (χ3n) is 4.14. The molecule has 1 fully saturated rings. The number of pyridine rings is 1. The lowest BCUT2D eigenvalue weighted by Gasteiger charge is -2.16. The highest BCUT2D eigenvalue weighted by atomic mass is 16.3. The van der Waals surface area contributed by atoms with Crippen LogP contribution < -0.4 is 4.90 Å². The van der Waals surface area contributed by atoms with Crippen LogP contribution in [0.15, 0.2) is 36.8 Å².